The van der Waals surface area contributed by atoms with Crippen LogP contribution in [0.3, 0.4) is 0 Å². The molecular weight excluding hydrogens is 238 g/mol. The highest BCUT2D eigenvalue weighted by Gasteiger charge is 2.21. The number of aryl methyl sites for hydroxylation is 1. The Bertz CT molecular complexity index is 638. The van der Waals surface area contributed by atoms with Crippen molar-refractivity contribution in [1.82, 2.24) is 4.98 Å². The van der Waals surface area contributed by atoms with Gasteiger partial charge in [-0.2, -0.15) is 0 Å². The molecule has 1 aromatic heterocycles. The molecule has 1 aliphatic carbocycles. The van der Waals surface area contributed by atoms with Gasteiger partial charge in [0.05, 0.1) is 0 Å². The predicted octanol–water partition coefficient (Wildman–Crippen LogP) is 3.29. The first kappa shape index (κ1) is 11.8. The summed E-state index contributed by atoms with van der Waals surface area (Å²) in [7, 11) is 0. The van der Waals surface area contributed by atoms with Gasteiger partial charge in [-0.15, -0.1) is 0 Å². The minimum Gasteiger partial charge on any atom is -0.477 e. The highest BCUT2D eigenvalue weighted by Crippen LogP contribution is 2.32. The number of rotatable bonds is 3. The third-order valence-electron chi connectivity index (χ3n) is 3.54. The van der Waals surface area contributed by atoms with Crippen LogP contribution in [-0.2, 0) is 12.8 Å². The number of hydrogen-bond acceptors (Lipinski definition) is 1. The number of aromatic nitrogens is 1. The third-order valence-corrected chi connectivity index (χ3v) is 3.54. The topological polar surface area (TPSA) is 53.1 Å². The summed E-state index contributed by atoms with van der Waals surface area (Å²) >= 11 is 0. The molecule has 1 heterocycles. The molecule has 0 atom stereocenters. The number of aromatic carboxylic acids is 1. The number of benzene rings is 1. The summed E-state index contributed by atoms with van der Waals surface area (Å²) in [6.45, 7) is 0. The van der Waals surface area contributed by atoms with Gasteiger partial charge in [0.25, 0.3) is 0 Å². The predicted molar refractivity (Wildman–Crippen MR) is 74.2 cm³/mol. The third kappa shape index (κ3) is 2.32. The summed E-state index contributed by atoms with van der Waals surface area (Å²) in [5.74, 6) is -0.892. The normalized spacial score (nSPS) is 15.7. The van der Waals surface area contributed by atoms with E-state index >= 15 is 0 Å². The highest BCUT2D eigenvalue weighted by molar-refractivity contribution is 5.88. The van der Waals surface area contributed by atoms with Crippen molar-refractivity contribution < 1.29 is 9.90 Å². The molecule has 0 aliphatic heterocycles. The first-order chi connectivity index (χ1) is 9.24. The number of carboxylic acids is 1. The van der Waals surface area contributed by atoms with Gasteiger partial charge in [0.15, 0.2) is 0 Å². The molecule has 3 heteroatoms. The van der Waals surface area contributed by atoms with E-state index in [0.717, 1.165) is 30.5 Å². The summed E-state index contributed by atoms with van der Waals surface area (Å²) < 4.78 is 0. The highest BCUT2D eigenvalue weighted by atomic mass is 16.4. The number of H-pyrrole nitrogens is 1. The van der Waals surface area contributed by atoms with Crippen molar-refractivity contribution in [3.05, 3.63) is 65.0 Å². The minimum atomic E-state index is -0.892. The fourth-order valence-electron chi connectivity index (χ4n) is 2.55. The van der Waals surface area contributed by atoms with E-state index in [2.05, 4.69) is 23.2 Å². The van der Waals surface area contributed by atoms with Crippen molar-refractivity contribution in [1.29, 1.82) is 0 Å². The first-order valence-electron chi connectivity index (χ1n) is 6.42. The number of carbonyl (C=O) groups is 1. The van der Waals surface area contributed by atoms with Gasteiger partial charge >= 0.3 is 5.97 Å². The quantitative estimate of drug-likeness (QED) is 0.882. The average Bonchev–Trinajstić information content (AvgIpc) is 2.98. The average molecular weight is 253 g/mol. The molecule has 2 N–H and O–H groups in total. The molecule has 0 saturated heterocycles. The molecule has 0 amide bonds. The Morgan fingerprint density at radius 1 is 1.26 bits per heavy atom. The zero-order chi connectivity index (χ0) is 13.2. The standard InChI is InChI=1S/C16H15NO2/c18-16(19)14-10-13-9-8-12(15(13)17-14)7-6-11-4-2-1-3-5-11/h1-5,7,10,17H,6,8-9H2,(H,18,19). The van der Waals surface area contributed by atoms with Crippen molar-refractivity contribution in [3.8, 4) is 0 Å². The Morgan fingerprint density at radius 2 is 2.05 bits per heavy atom. The van der Waals surface area contributed by atoms with Crippen LogP contribution >= 0.6 is 0 Å². The van der Waals surface area contributed by atoms with E-state index in [9.17, 15) is 4.79 Å². The van der Waals surface area contributed by atoms with E-state index in [1.165, 1.54) is 11.1 Å². The molecule has 3 rings (SSSR count). The molecule has 1 aromatic carbocycles. The number of hydrogen-bond donors (Lipinski definition) is 2. The van der Waals surface area contributed by atoms with E-state index in [-0.39, 0.29) is 5.69 Å². The van der Waals surface area contributed by atoms with Crippen LogP contribution < -0.4 is 0 Å². The van der Waals surface area contributed by atoms with Crippen molar-refractivity contribution in [3.63, 3.8) is 0 Å². The van der Waals surface area contributed by atoms with Crippen LogP contribution in [0.5, 0.6) is 0 Å². The smallest absolute Gasteiger partial charge is 0.352 e. The van der Waals surface area contributed by atoms with Crippen LogP contribution in [0.25, 0.3) is 5.57 Å². The lowest BCUT2D eigenvalue weighted by atomic mass is 10.1. The number of fused-ring (bicyclic) bond motifs is 1. The second kappa shape index (κ2) is 4.76. The molecule has 0 unspecified atom stereocenters. The van der Waals surface area contributed by atoms with E-state index in [1.807, 2.05) is 18.2 Å². The summed E-state index contributed by atoms with van der Waals surface area (Å²) in [5, 5.41) is 8.99. The summed E-state index contributed by atoms with van der Waals surface area (Å²) in [6.07, 6.45) is 5.01. The summed E-state index contributed by atoms with van der Waals surface area (Å²) in [4.78, 5) is 14.0. The van der Waals surface area contributed by atoms with Gasteiger partial charge in [0.2, 0.25) is 0 Å². The first-order valence-corrected chi connectivity index (χ1v) is 6.42. The number of aromatic amines is 1. The lowest BCUT2D eigenvalue weighted by Gasteiger charge is -1.99. The fourth-order valence-corrected chi connectivity index (χ4v) is 2.55. The van der Waals surface area contributed by atoms with Crippen LogP contribution in [0.4, 0.5) is 0 Å². The Balaban J connectivity index is 1.83. The lowest BCUT2D eigenvalue weighted by Crippen LogP contribution is -1.96. The largest absolute Gasteiger partial charge is 0.477 e. The zero-order valence-corrected chi connectivity index (χ0v) is 10.5. The van der Waals surface area contributed by atoms with Crippen molar-refractivity contribution in [2.24, 2.45) is 0 Å². The molecule has 19 heavy (non-hydrogen) atoms. The van der Waals surface area contributed by atoms with Gasteiger partial charge in [-0.3, -0.25) is 0 Å². The van der Waals surface area contributed by atoms with Gasteiger partial charge in [-0.1, -0.05) is 36.4 Å². The Kier molecular flexibility index (Phi) is 2.95. The zero-order valence-electron chi connectivity index (χ0n) is 10.5. The molecule has 0 spiro atoms. The molecule has 0 bridgehead atoms. The van der Waals surface area contributed by atoms with Crippen LogP contribution in [0, 0.1) is 0 Å². The van der Waals surface area contributed by atoms with Gasteiger partial charge < -0.3 is 10.1 Å². The number of carboxylic acid groups (broad SMARTS) is 1. The molecular formula is C16H15NO2. The van der Waals surface area contributed by atoms with E-state index in [1.54, 1.807) is 6.07 Å². The Morgan fingerprint density at radius 3 is 2.79 bits per heavy atom. The lowest BCUT2D eigenvalue weighted by molar-refractivity contribution is 0.0691. The van der Waals surface area contributed by atoms with Gasteiger partial charge in [-0.25, -0.2) is 4.79 Å². The monoisotopic (exact) mass is 253 g/mol. The maximum absolute atomic E-state index is 10.9. The molecule has 3 nitrogen and oxygen atoms in total. The van der Waals surface area contributed by atoms with Gasteiger partial charge in [0.1, 0.15) is 5.69 Å². The van der Waals surface area contributed by atoms with Crippen LogP contribution in [0.15, 0.2) is 42.5 Å². The van der Waals surface area contributed by atoms with Crippen LogP contribution in [0.2, 0.25) is 0 Å². The second-order valence-electron chi connectivity index (χ2n) is 4.81. The Labute approximate surface area is 111 Å². The second-order valence-corrected chi connectivity index (χ2v) is 4.81. The maximum atomic E-state index is 10.9. The van der Waals surface area contributed by atoms with Crippen molar-refractivity contribution >= 4 is 11.5 Å². The SMILES string of the molecule is O=C(O)c1cc2c([nH]1)C(=CCc1ccccc1)CC2. The van der Waals surface area contributed by atoms with Gasteiger partial charge in [0, 0.05) is 5.69 Å². The molecule has 0 saturated carbocycles. The van der Waals surface area contributed by atoms with Gasteiger partial charge in [-0.05, 0) is 42.0 Å². The number of allylic oxidation sites excluding steroid dienone is 2. The van der Waals surface area contributed by atoms with E-state index in [0.29, 0.717) is 0 Å². The minimum absolute atomic E-state index is 0.287. The molecule has 96 valence electrons. The molecule has 0 radical (unpaired) electrons. The maximum Gasteiger partial charge on any atom is 0.352 e. The fraction of sp³-hybridized carbons (Fsp3) is 0.188. The summed E-state index contributed by atoms with van der Waals surface area (Å²) in [6, 6.07) is 12.0. The molecule has 0 fully saturated rings. The number of nitrogens with one attached hydrogen (secondary N) is 1. The van der Waals surface area contributed by atoms with Crippen LogP contribution in [-0.4, -0.2) is 16.1 Å². The van der Waals surface area contributed by atoms with Crippen molar-refractivity contribution in [2.75, 3.05) is 0 Å². The van der Waals surface area contributed by atoms with E-state index in [4.69, 9.17) is 5.11 Å². The molecule has 1 aliphatic rings. The van der Waals surface area contributed by atoms with Crippen molar-refractivity contribution in [2.45, 2.75) is 19.3 Å². The molecule has 2 aromatic rings. The van der Waals surface area contributed by atoms with E-state index < -0.39 is 5.97 Å². The summed E-state index contributed by atoms with van der Waals surface area (Å²) in [5.41, 5.74) is 4.92. The Hall–Kier alpha value is -2.29. The van der Waals surface area contributed by atoms with Crippen LogP contribution in [0.1, 0.15) is 33.7 Å².